The van der Waals surface area contributed by atoms with Crippen molar-refractivity contribution in [3.05, 3.63) is 231 Å². The van der Waals surface area contributed by atoms with Crippen LogP contribution in [0, 0.1) is 0 Å². The SMILES string of the molecule is c1cnc2c(c1)ccc1c(-c3ccc4ccc5ccc(-c6ccc(-c7ccc8c(ccc9c%10ccccc%10oc89)c7)cc6)nc5c4n3)cc(-c3ccc(-c4ccc5c(ccc6c7ccccc7sc56)c4)cc3)nc12. The van der Waals surface area contributed by atoms with E-state index in [1.54, 1.807) is 0 Å². The number of hydrogen-bond donors (Lipinski definition) is 0. The second kappa shape index (κ2) is 15.9. The maximum atomic E-state index is 6.34. The minimum atomic E-state index is 0.845. The van der Waals surface area contributed by atoms with Gasteiger partial charge in [0.2, 0.25) is 0 Å². The summed E-state index contributed by atoms with van der Waals surface area (Å²) >= 11 is 1.87. The lowest BCUT2D eigenvalue weighted by atomic mass is 9.97. The molecule has 16 aromatic rings. The highest BCUT2D eigenvalue weighted by molar-refractivity contribution is 7.26. The van der Waals surface area contributed by atoms with Crippen LogP contribution in [0.5, 0.6) is 0 Å². The first-order chi connectivity index (χ1) is 36.6. The molecule has 16 rings (SSSR count). The van der Waals surface area contributed by atoms with E-state index in [9.17, 15) is 0 Å². The number of pyridine rings is 4. The summed E-state index contributed by atoms with van der Waals surface area (Å²) in [5.41, 5.74) is 15.5. The topological polar surface area (TPSA) is 64.7 Å². The van der Waals surface area contributed by atoms with Crippen molar-refractivity contribution in [2.75, 3.05) is 0 Å². The Hall–Kier alpha value is -9.62. The fraction of sp³-hybridized carbons (Fsp3) is 0. The van der Waals surface area contributed by atoms with Crippen LogP contribution in [-0.4, -0.2) is 19.9 Å². The van der Waals surface area contributed by atoms with Crippen LogP contribution in [0.25, 0.3) is 163 Å². The van der Waals surface area contributed by atoms with E-state index in [2.05, 4.69) is 206 Å². The number of furan rings is 1. The number of benzene rings is 10. The summed E-state index contributed by atoms with van der Waals surface area (Å²) in [5, 5.41) is 13.8. The third kappa shape index (κ3) is 6.42. The molecule has 0 aliphatic carbocycles. The molecular weight excluding hydrogens is 921 g/mol. The van der Waals surface area contributed by atoms with Crippen LogP contribution >= 0.6 is 11.3 Å². The van der Waals surface area contributed by atoms with E-state index in [4.69, 9.17) is 24.4 Å². The summed E-state index contributed by atoms with van der Waals surface area (Å²) in [5.74, 6) is 0. The molecule has 0 N–H and O–H groups in total. The number of rotatable bonds is 5. The van der Waals surface area contributed by atoms with Gasteiger partial charge in [-0.1, -0.05) is 164 Å². The highest BCUT2D eigenvalue weighted by Gasteiger charge is 2.18. The Morgan fingerprint density at radius 3 is 1.64 bits per heavy atom. The molecule has 0 aliphatic rings. The Morgan fingerprint density at radius 1 is 0.311 bits per heavy atom. The number of aromatic nitrogens is 4. The largest absolute Gasteiger partial charge is 0.455 e. The molecule has 0 atom stereocenters. The van der Waals surface area contributed by atoms with E-state index in [1.807, 2.05) is 35.7 Å². The highest BCUT2D eigenvalue weighted by Crippen LogP contribution is 2.42. The van der Waals surface area contributed by atoms with Gasteiger partial charge in [0, 0.05) is 80.8 Å². The molecule has 6 heterocycles. The molecule has 342 valence electrons. The average Bonchev–Trinajstić information content (AvgIpc) is 4.06. The summed E-state index contributed by atoms with van der Waals surface area (Å²) in [6.45, 7) is 0. The van der Waals surface area contributed by atoms with Crippen LogP contribution in [0.4, 0.5) is 0 Å². The van der Waals surface area contributed by atoms with E-state index in [0.29, 0.717) is 0 Å². The van der Waals surface area contributed by atoms with Gasteiger partial charge in [-0.15, -0.1) is 11.3 Å². The maximum absolute atomic E-state index is 6.34. The third-order valence-corrected chi connectivity index (χ3v) is 16.3. The molecule has 0 saturated carbocycles. The summed E-state index contributed by atoms with van der Waals surface area (Å²) in [4.78, 5) is 21.1. The zero-order valence-corrected chi connectivity index (χ0v) is 40.4. The van der Waals surface area contributed by atoms with Crippen molar-refractivity contribution in [1.29, 1.82) is 0 Å². The molecule has 0 saturated heterocycles. The fourth-order valence-corrected chi connectivity index (χ4v) is 12.6. The molecule has 6 heteroatoms. The molecule has 0 unspecified atom stereocenters. The van der Waals surface area contributed by atoms with Gasteiger partial charge in [0.15, 0.2) is 0 Å². The standard InChI is InChI=1S/C68H38N4OS/c1-3-9-61-52(7-1)55-31-24-48-36-46(22-28-50(48)67(55)73-61)39-11-15-41(16-12-39)58-33-26-44-19-20-45-27-34-59(71-65(45)64(44)70-58)57-38-60(72-66-54(57)30-21-43-6-5-35-69-63(43)66)42-17-13-40(14-18-42)47-23-29-51-49(37-47)25-32-56-53-8-2-4-10-62(53)74-68(51)56/h1-38H. The van der Waals surface area contributed by atoms with Crippen LogP contribution in [-0.2, 0) is 0 Å². The predicted molar refractivity (Wildman–Crippen MR) is 310 cm³/mol. The first-order valence-corrected chi connectivity index (χ1v) is 25.7. The molecule has 0 spiro atoms. The number of para-hydroxylation sites is 1. The molecule has 74 heavy (non-hydrogen) atoms. The molecule has 0 bridgehead atoms. The van der Waals surface area contributed by atoms with Gasteiger partial charge in [0.25, 0.3) is 0 Å². The number of nitrogens with zero attached hydrogens (tertiary/aromatic N) is 4. The monoisotopic (exact) mass is 958 g/mol. The van der Waals surface area contributed by atoms with Crippen molar-refractivity contribution >= 4 is 119 Å². The lowest BCUT2D eigenvalue weighted by Gasteiger charge is -2.13. The van der Waals surface area contributed by atoms with Gasteiger partial charge in [-0.2, -0.15) is 0 Å². The molecule has 0 radical (unpaired) electrons. The van der Waals surface area contributed by atoms with E-state index in [0.717, 1.165) is 127 Å². The number of hydrogen-bond acceptors (Lipinski definition) is 6. The normalized spacial score (nSPS) is 12.1. The lowest BCUT2D eigenvalue weighted by Crippen LogP contribution is -1.95. The summed E-state index contributed by atoms with van der Waals surface area (Å²) in [6, 6.07) is 80.2. The average molecular weight is 959 g/mol. The lowest BCUT2D eigenvalue weighted by molar-refractivity contribution is 0.672. The van der Waals surface area contributed by atoms with E-state index >= 15 is 0 Å². The number of thiophene rings is 1. The molecule has 0 amide bonds. The molecule has 5 nitrogen and oxygen atoms in total. The Kier molecular flexibility index (Phi) is 8.84. The van der Waals surface area contributed by atoms with Crippen LogP contribution in [0.15, 0.2) is 235 Å². The van der Waals surface area contributed by atoms with Crippen molar-refractivity contribution in [2.24, 2.45) is 0 Å². The molecular formula is C68H38N4OS. The van der Waals surface area contributed by atoms with Gasteiger partial charge in [-0.05, 0) is 99.1 Å². The van der Waals surface area contributed by atoms with Gasteiger partial charge in [-0.25, -0.2) is 15.0 Å². The van der Waals surface area contributed by atoms with Gasteiger partial charge in [0.1, 0.15) is 11.2 Å². The van der Waals surface area contributed by atoms with Crippen LogP contribution in [0.1, 0.15) is 0 Å². The Bertz CT molecular complexity index is 5020. The maximum Gasteiger partial charge on any atom is 0.143 e. The Labute approximate surface area is 427 Å². The van der Waals surface area contributed by atoms with E-state index < -0.39 is 0 Å². The Balaban J connectivity index is 0.759. The molecule has 0 fully saturated rings. The summed E-state index contributed by atoms with van der Waals surface area (Å²) in [6.07, 6.45) is 1.85. The Morgan fingerprint density at radius 2 is 0.851 bits per heavy atom. The second-order valence-corrected chi connectivity index (χ2v) is 20.4. The van der Waals surface area contributed by atoms with E-state index in [1.165, 1.54) is 36.5 Å². The third-order valence-electron chi connectivity index (χ3n) is 15.1. The van der Waals surface area contributed by atoms with Crippen molar-refractivity contribution in [1.82, 2.24) is 19.9 Å². The van der Waals surface area contributed by atoms with Crippen LogP contribution in [0.2, 0.25) is 0 Å². The summed E-state index contributed by atoms with van der Waals surface area (Å²) in [7, 11) is 0. The van der Waals surface area contributed by atoms with Crippen molar-refractivity contribution in [3.63, 3.8) is 0 Å². The van der Waals surface area contributed by atoms with Gasteiger partial charge in [-0.3, -0.25) is 4.98 Å². The smallest absolute Gasteiger partial charge is 0.143 e. The minimum absolute atomic E-state index is 0.845. The van der Waals surface area contributed by atoms with Crippen molar-refractivity contribution in [2.45, 2.75) is 0 Å². The van der Waals surface area contributed by atoms with Gasteiger partial charge in [0.05, 0.1) is 39.1 Å². The first-order valence-electron chi connectivity index (χ1n) is 24.9. The van der Waals surface area contributed by atoms with Gasteiger partial charge >= 0.3 is 0 Å². The minimum Gasteiger partial charge on any atom is -0.455 e. The quantitative estimate of drug-likeness (QED) is 0.161. The number of fused-ring (bicyclic) bond motifs is 16. The van der Waals surface area contributed by atoms with E-state index in [-0.39, 0.29) is 0 Å². The van der Waals surface area contributed by atoms with Crippen LogP contribution in [0.3, 0.4) is 0 Å². The van der Waals surface area contributed by atoms with Crippen molar-refractivity contribution in [3.8, 4) is 56.0 Å². The molecule has 6 aromatic heterocycles. The van der Waals surface area contributed by atoms with Crippen LogP contribution < -0.4 is 0 Å². The molecule has 10 aromatic carbocycles. The molecule has 0 aliphatic heterocycles. The predicted octanol–water partition coefficient (Wildman–Crippen LogP) is 18.8. The van der Waals surface area contributed by atoms with Gasteiger partial charge < -0.3 is 4.42 Å². The van der Waals surface area contributed by atoms with Crippen molar-refractivity contribution < 1.29 is 4.42 Å². The summed E-state index contributed by atoms with van der Waals surface area (Å²) < 4.78 is 9.00. The fourth-order valence-electron chi connectivity index (χ4n) is 11.3. The zero-order chi connectivity index (χ0) is 48.4. The highest BCUT2D eigenvalue weighted by atomic mass is 32.1. The first kappa shape index (κ1) is 41.0. The zero-order valence-electron chi connectivity index (χ0n) is 39.5. The second-order valence-electron chi connectivity index (χ2n) is 19.3.